The van der Waals surface area contributed by atoms with Gasteiger partial charge in [0.05, 0.1) is 11.4 Å². The van der Waals surface area contributed by atoms with Gasteiger partial charge in [-0.15, -0.1) is 11.3 Å². The lowest BCUT2D eigenvalue weighted by Gasteiger charge is -2.14. The molecule has 0 saturated carbocycles. The lowest BCUT2D eigenvalue weighted by Crippen LogP contribution is -2.18. The molecule has 0 atom stereocenters. The van der Waals surface area contributed by atoms with E-state index in [2.05, 4.69) is 9.44 Å². The lowest BCUT2D eigenvalue weighted by molar-refractivity contribution is 0.0698. The molecule has 0 radical (unpaired) electrons. The summed E-state index contributed by atoms with van der Waals surface area (Å²) >= 11 is 6.73. The molecule has 0 fully saturated rings. The van der Waals surface area contributed by atoms with Crippen LogP contribution in [0.2, 0.25) is 5.02 Å². The van der Waals surface area contributed by atoms with Crippen molar-refractivity contribution in [1.29, 1.82) is 0 Å². The summed E-state index contributed by atoms with van der Waals surface area (Å²) in [7, 11) is -8.59. The first-order valence-electron chi connectivity index (χ1n) is 8.71. The molecule has 2 aromatic carbocycles. The molecule has 0 unspecified atom stereocenters. The fourth-order valence-corrected chi connectivity index (χ4v) is 6.39. The number of carbonyl (C=O) groups is 1. The summed E-state index contributed by atoms with van der Waals surface area (Å²) in [4.78, 5) is 10.5. The van der Waals surface area contributed by atoms with Gasteiger partial charge in [-0.3, -0.25) is 9.44 Å². The van der Waals surface area contributed by atoms with Crippen LogP contribution in [0.5, 0.6) is 0 Å². The molecule has 2 heterocycles. The normalized spacial score (nSPS) is 12.0. The van der Waals surface area contributed by atoms with Crippen LogP contribution >= 0.6 is 22.9 Å². The largest absolute Gasteiger partial charge is 0.477 e. The number of aromatic carboxylic acids is 1. The average molecular weight is 513 g/mol. The molecule has 4 rings (SSSR count). The fraction of sp³-hybridized carbons (Fsp3) is 0. The van der Waals surface area contributed by atoms with Crippen molar-refractivity contribution >= 4 is 71.3 Å². The number of para-hydroxylation sites is 1. The average Bonchev–Trinajstić information content (AvgIpc) is 3.37. The van der Waals surface area contributed by atoms with E-state index < -0.39 is 30.9 Å². The number of fused-ring (bicyclic) bond motifs is 1. The van der Waals surface area contributed by atoms with E-state index >= 15 is 0 Å². The molecule has 0 aliphatic carbocycles. The van der Waals surface area contributed by atoms with Gasteiger partial charge >= 0.3 is 5.97 Å². The van der Waals surface area contributed by atoms with Crippen molar-refractivity contribution in [2.24, 2.45) is 0 Å². The molecule has 0 bridgehead atoms. The first-order valence-corrected chi connectivity index (χ1v) is 12.9. The third-order valence-corrected chi connectivity index (χ3v) is 8.15. The predicted octanol–water partition coefficient (Wildman–Crippen LogP) is 4.45. The first kappa shape index (κ1) is 22.1. The highest BCUT2D eigenvalue weighted by molar-refractivity contribution is 7.93. The minimum atomic E-state index is -4.34. The minimum Gasteiger partial charge on any atom is -0.477 e. The van der Waals surface area contributed by atoms with Gasteiger partial charge in [0.25, 0.3) is 20.0 Å². The van der Waals surface area contributed by atoms with Crippen molar-refractivity contribution < 1.29 is 31.2 Å². The molecule has 13 heteroatoms. The Morgan fingerprint density at radius 2 is 1.66 bits per heavy atom. The SMILES string of the molecule is O=C(O)c1sccc1S(=O)(=O)Nc1ccc(Cl)cc1NS(=O)(=O)c1cc2ccccc2o1. The van der Waals surface area contributed by atoms with Crippen LogP contribution in [0.3, 0.4) is 0 Å². The molecule has 0 amide bonds. The van der Waals surface area contributed by atoms with Crippen LogP contribution in [0, 0.1) is 0 Å². The number of anilines is 2. The number of hydrogen-bond acceptors (Lipinski definition) is 7. The zero-order chi connectivity index (χ0) is 23.1. The van der Waals surface area contributed by atoms with Crippen LogP contribution in [-0.4, -0.2) is 27.9 Å². The van der Waals surface area contributed by atoms with Gasteiger partial charge in [0.2, 0.25) is 5.09 Å². The van der Waals surface area contributed by atoms with Crippen LogP contribution in [0.15, 0.2) is 74.4 Å². The topological polar surface area (TPSA) is 143 Å². The van der Waals surface area contributed by atoms with Crippen molar-refractivity contribution in [1.82, 2.24) is 0 Å². The number of halogens is 1. The Morgan fingerprint density at radius 1 is 0.938 bits per heavy atom. The van der Waals surface area contributed by atoms with Crippen molar-refractivity contribution in [2.75, 3.05) is 9.44 Å². The molecule has 3 N–H and O–H groups in total. The number of benzene rings is 2. The van der Waals surface area contributed by atoms with E-state index in [0.717, 1.165) is 17.4 Å². The summed E-state index contributed by atoms with van der Waals surface area (Å²) in [6.07, 6.45) is 0. The highest BCUT2D eigenvalue weighted by Crippen LogP contribution is 2.32. The number of carboxylic acids is 1. The van der Waals surface area contributed by atoms with E-state index in [-0.39, 0.29) is 26.4 Å². The van der Waals surface area contributed by atoms with E-state index in [1.165, 1.54) is 29.6 Å². The summed E-state index contributed by atoms with van der Waals surface area (Å²) in [5.74, 6) is -1.40. The van der Waals surface area contributed by atoms with Gasteiger partial charge < -0.3 is 9.52 Å². The predicted molar refractivity (Wildman–Crippen MR) is 121 cm³/mol. The molecule has 32 heavy (non-hydrogen) atoms. The van der Waals surface area contributed by atoms with Gasteiger partial charge in [-0.2, -0.15) is 8.42 Å². The number of carboxylic acid groups (broad SMARTS) is 1. The Labute approximate surface area is 191 Å². The second-order valence-corrected chi connectivity index (χ2v) is 11.0. The zero-order valence-corrected chi connectivity index (χ0v) is 19.0. The Balaban J connectivity index is 1.71. The number of rotatable bonds is 7. The lowest BCUT2D eigenvalue weighted by atomic mass is 10.3. The molecule has 0 spiro atoms. The fourth-order valence-electron chi connectivity index (χ4n) is 2.84. The van der Waals surface area contributed by atoms with Crippen molar-refractivity contribution in [3.05, 3.63) is 69.9 Å². The van der Waals surface area contributed by atoms with Crippen LogP contribution in [-0.2, 0) is 20.0 Å². The van der Waals surface area contributed by atoms with E-state index in [1.54, 1.807) is 24.3 Å². The number of nitrogens with one attached hydrogen (secondary N) is 2. The quantitative estimate of drug-likeness (QED) is 0.332. The second-order valence-electron chi connectivity index (χ2n) is 6.42. The molecule has 0 aliphatic rings. The first-order chi connectivity index (χ1) is 15.1. The Hall–Kier alpha value is -3.06. The minimum absolute atomic E-state index is 0.136. The molecule has 0 aliphatic heterocycles. The van der Waals surface area contributed by atoms with E-state index in [9.17, 15) is 26.7 Å². The van der Waals surface area contributed by atoms with E-state index in [1.807, 2.05) is 0 Å². The summed E-state index contributed by atoms with van der Waals surface area (Å²) in [5, 5.41) is 10.9. The Bertz CT molecular complexity index is 1520. The molecule has 0 saturated heterocycles. The summed E-state index contributed by atoms with van der Waals surface area (Å²) in [5.41, 5.74) is 0.0313. The van der Waals surface area contributed by atoms with Gasteiger partial charge in [0.1, 0.15) is 15.4 Å². The van der Waals surface area contributed by atoms with Crippen LogP contribution in [0.1, 0.15) is 9.67 Å². The third-order valence-electron chi connectivity index (χ3n) is 4.25. The van der Waals surface area contributed by atoms with Crippen molar-refractivity contribution in [3.63, 3.8) is 0 Å². The van der Waals surface area contributed by atoms with E-state index in [0.29, 0.717) is 11.0 Å². The van der Waals surface area contributed by atoms with Gasteiger partial charge in [-0.05, 0) is 35.7 Å². The maximum Gasteiger partial charge on any atom is 0.347 e. The molecular formula is C19H13ClN2O7S3. The summed E-state index contributed by atoms with van der Waals surface area (Å²) in [6, 6.07) is 13.0. The van der Waals surface area contributed by atoms with Crippen LogP contribution in [0.4, 0.5) is 11.4 Å². The standard InChI is InChI=1S/C19H13ClN2O7S3/c20-12-5-6-13(21-31(25,26)16-7-8-30-18(16)19(23)24)14(10-12)22-32(27,28)17-9-11-3-1-2-4-15(11)29-17/h1-10,21-22H,(H,23,24). The van der Waals surface area contributed by atoms with Crippen LogP contribution in [0.25, 0.3) is 11.0 Å². The van der Waals surface area contributed by atoms with E-state index in [4.69, 9.17) is 16.0 Å². The van der Waals surface area contributed by atoms with Gasteiger partial charge in [-0.1, -0.05) is 29.8 Å². The number of thiophene rings is 1. The monoisotopic (exact) mass is 512 g/mol. The number of sulfonamides is 2. The molecule has 4 aromatic rings. The smallest absolute Gasteiger partial charge is 0.347 e. The van der Waals surface area contributed by atoms with Gasteiger partial charge in [0, 0.05) is 16.5 Å². The molecule has 2 aromatic heterocycles. The number of hydrogen-bond donors (Lipinski definition) is 3. The third kappa shape index (κ3) is 4.30. The van der Waals surface area contributed by atoms with Crippen molar-refractivity contribution in [3.8, 4) is 0 Å². The molecule has 166 valence electrons. The summed E-state index contributed by atoms with van der Waals surface area (Å²) in [6.45, 7) is 0. The van der Waals surface area contributed by atoms with Crippen molar-refractivity contribution in [2.45, 2.75) is 9.99 Å². The Kier molecular flexibility index (Phi) is 5.63. The highest BCUT2D eigenvalue weighted by atomic mass is 35.5. The van der Waals surface area contributed by atoms with Crippen LogP contribution < -0.4 is 9.44 Å². The second kappa shape index (κ2) is 8.13. The summed E-state index contributed by atoms with van der Waals surface area (Å²) < 4.78 is 61.2. The van der Waals surface area contributed by atoms with Gasteiger partial charge in [0.15, 0.2) is 0 Å². The number of furan rings is 1. The molecule has 9 nitrogen and oxygen atoms in total. The maximum atomic E-state index is 12.9. The molecular weight excluding hydrogens is 500 g/mol. The zero-order valence-electron chi connectivity index (χ0n) is 15.8. The maximum absolute atomic E-state index is 12.9. The Morgan fingerprint density at radius 3 is 2.38 bits per heavy atom. The highest BCUT2D eigenvalue weighted by Gasteiger charge is 2.26. The van der Waals surface area contributed by atoms with Gasteiger partial charge in [-0.25, -0.2) is 13.2 Å².